The number of halogens is 4. The number of carbonyl (C=O) groups is 2. The highest BCUT2D eigenvalue weighted by molar-refractivity contribution is 8.01. The smallest absolute Gasteiger partial charge is 0.497 e. The number of anilines is 1. The van der Waals surface area contributed by atoms with E-state index < -0.39 is 60.0 Å². The van der Waals surface area contributed by atoms with Crippen molar-refractivity contribution in [3.8, 4) is 17.2 Å². The Balaban J connectivity index is 1.10. The van der Waals surface area contributed by atoms with Gasteiger partial charge in [0.2, 0.25) is 5.91 Å². The second-order valence-corrected chi connectivity index (χ2v) is 19.5. The second-order valence-electron chi connectivity index (χ2n) is 14.5. The van der Waals surface area contributed by atoms with Gasteiger partial charge in [0, 0.05) is 35.8 Å². The van der Waals surface area contributed by atoms with Crippen molar-refractivity contribution in [2.45, 2.75) is 79.3 Å². The average molecular weight is 812 g/mol. The van der Waals surface area contributed by atoms with Gasteiger partial charge in [0.05, 0.1) is 36.7 Å². The van der Waals surface area contributed by atoms with Crippen LogP contribution < -0.4 is 29.6 Å². The van der Waals surface area contributed by atoms with Gasteiger partial charge in [0.25, 0.3) is 15.7 Å². The number of sulfone groups is 1. The molecule has 3 saturated carbocycles. The van der Waals surface area contributed by atoms with Crippen molar-refractivity contribution in [3.63, 3.8) is 0 Å². The summed E-state index contributed by atoms with van der Waals surface area (Å²) in [6.07, 6.45) is 5.64. The monoisotopic (exact) mass is 811 g/mol. The number of ether oxygens (including phenoxy) is 3. The van der Waals surface area contributed by atoms with E-state index in [1.54, 1.807) is 13.4 Å². The Morgan fingerprint density at radius 1 is 0.891 bits per heavy atom. The lowest BCUT2D eigenvalue weighted by Crippen LogP contribution is -2.48. The minimum absolute atomic E-state index is 0.0135. The molecule has 0 heterocycles. The fourth-order valence-corrected chi connectivity index (χ4v) is 11.0. The van der Waals surface area contributed by atoms with Crippen molar-refractivity contribution in [3.05, 3.63) is 77.6 Å². The van der Waals surface area contributed by atoms with Gasteiger partial charge in [-0.05, 0) is 98.7 Å². The first-order valence-electron chi connectivity index (χ1n) is 18.0. The second kappa shape index (κ2) is 16.1. The minimum Gasteiger partial charge on any atom is -0.497 e. The van der Waals surface area contributed by atoms with E-state index in [4.69, 9.17) is 14.2 Å². The molecule has 0 radical (unpaired) electrons. The average Bonchev–Trinajstić information content (AvgIpc) is 3.77. The molecule has 3 aromatic rings. The molecule has 3 aliphatic carbocycles. The predicted octanol–water partition coefficient (Wildman–Crippen LogP) is 5.96. The van der Waals surface area contributed by atoms with Gasteiger partial charge in [-0.1, -0.05) is 28.3 Å². The molecule has 17 heteroatoms. The highest BCUT2D eigenvalue weighted by Crippen LogP contribution is 2.49. The lowest BCUT2D eigenvalue weighted by molar-refractivity contribution is -0.122. The first kappa shape index (κ1) is 40.4. The van der Waals surface area contributed by atoms with Gasteiger partial charge in [0.1, 0.15) is 11.5 Å². The van der Waals surface area contributed by atoms with Crippen LogP contribution >= 0.6 is 0 Å². The fourth-order valence-electron chi connectivity index (χ4n) is 8.13. The predicted molar refractivity (Wildman–Crippen MR) is 199 cm³/mol. The maximum absolute atomic E-state index is 15.3. The van der Waals surface area contributed by atoms with E-state index in [9.17, 15) is 35.4 Å². The van der Waals surface area contributed by atoms with Crippen molar-refractivity contribution >= 4 is 37.5 Å². The number of amides is 2. The molecule has 0 aliphatic heterocycles. The van der Waals surface area contributed by atoms with Crippen LogP contribution in [0.1, 0.15) is 60.9 Å². The molecule has 0 saturated heterocycles. The first-order valence-corrected chi connectivity index (χ1v) is 21.7. The molecule has 4 atom stereocenters. The molecule has 2 amide bonds. The molecule has 0 aromatic heterocycles. The summed E-state index contributed by atoms with van der Waals surface area (Å²) in [4.78, 5) is 26.4. The van der Waals surface area contributed by atoms with Crippen molar-refractivity contribution < 1.29 is 54.0 Å². The van der Waals surface area contributed by atoms with Crippen LogP contribution in [0.3, 0.4) is 0 Å². The van der Waals surface area contributed by atoms with Gasteiger partial charge in [-0.15, -0.1) is 0 Å². The molecule has 0 spiro atoms. The van der Waals surface area contributed by atoms with Crippen LogP contribution in [0.25, 0.3) is 0 Å². The highest BCUT2D eigenvalue weighted by atomic mass is 32.3. The van der Waals surface area contributed by atoms with E-state index in [-0.39, 0.29) is 45.9 Å². The number of hydrogen-bond donors (Lipinski definition) is 4. The molecule has 2 bridgehead atoms. The Morgan fingerprint density at radius 2 is 1.58 bits per heavy atom. The van der Waals surface area contributed by atoms with Gasteiger partial charge in [-0.3, -0.25) is 18.5 Å². The van der Waals surface area contributed by atoms with Gasteiger partial charge in [0.15, 0.2) is 11.6 Å². The molecule has 6 rings (SSSR count). The Labute approximate surface area is 318 Å². The van der Waals surface area contributed by atoms with Gasteiger partial charge < -0.3 is 24.8 Å². The van der Waals surface area contributed by atoms with Gasteiger partial charge in [-0.2, -0.15) is 13.2 Å². The van der Waals surface area contributed by atoms with Crippen molar-refractivity contribution in [2.75, 3.05) is 25.8 Å². The summed E-state index contributed by atoms with van der Waals surface area (Å²) < 4.78 is 112. The third-order valence-electron chi connectivity index (χ3n) is 11.1. The SMILES string of the molecule is COc1ccc(CN[SH](C)(=O)[C@H]2CC[C@H](Oc3cc(C(=O)N[C@@H]4[C@@H]5CC[C@@H](C5)[C@@H]4C(=O)Nc4cccc(S(=O)(=O)C(F)(F)F)c4)c(OC)cc3F)CC2)cc1. The quantitative estimate of drug-likeness (QED) is 0.122. The Morgan fingerprint density at radius 3 is 2.24 bits per heavy atom. The highest BCUT2D eigenvalue weighted by Gasteiger charge is 2.52. The summed E-state index contributed by atoms with van der Waals surface area (Å²) in [6, 6.07) is 13.1. The molecule has 3 aliphatic rings. The minimum atomic E-state index is -5.64. The zero-order valence-corrected chi connectivity index (χ0v) is 32.2. The van der Waals surface area contributed by atoms with Gasteiger partial charge >= 0.3 is 5.51 Å². The largest absolute Gasteiger partial charge is 0.501 e. The molecule has 3 N–H and O–H groups in total. The molecule has 55 heavy (non-hydrogen) atoms. The number of hydrogen-bond acceptors (Lipinski definition) is 8. The van der Waals surface area contributed by atoms with Crippen molar-refractivity contribution in [1.82, 2.24) is 10.0 Å². The fraction of sp³-hybridized carbons (Fsp3) is 0.474. The van der Waals surface area contributed by atoms with E-state index in [0.717, 1.165) is 42.0 Å². The van der Waals surface area contributed by atoms with Crippen LogP contribution in [0.2, 0.25) is 0 Å². The van der Waals surface area contributed by atoms with E-state index >= 15 is 4.39 Å². The number of carbonyl (C=O) groups excluding carboxylic acids is 2. The Hall–Kier alpha value is -4.22. The molecular formula is C38H45F4N3O8S2. The molecular weight excluding hydrogens is 767 g/mol. The molecule has 3 fully saturated rings. The zero-order valence-electron chi connectivity index (χ0n) is 30.5. The number of thiol groups is 1. The molecule has 0 unspecified atom stereocenters. The Kier molecular flexibility index (Phi) is 11.8. The lowest BCUT2D eigenvalue weighted by Gasteiger charge is -2.36. The maximum Gasteiger partial charge on any atom is 0.501 e. The van der Waals surface area contributed by atoms with Crippen LogP contribution in [0.5, 0.6) is 17.2 Å². The number of benzene rings is 3. The van der Waals surface area contributed by atoms with Crippen LogP contribution in [0, 0.1) is 23.6 Å². The van der Waals surface area contributed by atoms with E-state index in [2.05, 4.69) is 15.4 Å². The summed E-state index contributed by atoms with van der Waals surface area (Å²) in [5.74, 6) is -2.36. The van der Waals surface area contributed by atoms with E-state index in [0.29, 0.717) is 45.1 Å². The molecule has 300 valence electrons. The normalized spacial score (nSPS) is 24.2. The first-order chi connectivity index (χ1) is 26.0. The summed E-state index contributed by atoms with van der Waals surface area (Å²) in [5.41, 5.74) is -4.69. The topological polar surface area (TPSA) is 149 Å². The van der Waals surface area contributed by atoms with Gasteiger partial charge in [-0.25, -0.2) is 12.8 Å². The summed E-state index contributed by atoms with van der Waals surface area (Å²) in [5, 5.41) is 5.39. The van der Waals surface area contributed by atoms with E-state index in [1.165, 1.54) is 19.2 Å². The number of fused-ring (bicyclic) bond motifs is 2. The summed E-state index contributed by atoms with van der Waals surface area (Å²) in [6.45, 7) is 0.440. The van der Waals surface area contributed by atoms with Crippen molar-refractivity contribution in [2.24, 2.45) is 17.8 Å². The number of alkyl halides is 3. The van der Waals surface area contributed by atoms with Crippen LogP contribution in [-0.4, -0.2) is 67.8 Å². The third-order valence-corrected chi connectivity index (χ3v) is 15.3. The summed E-state index contributed by atoms with van der Waals surface area (Å²) in [7, 11) is -5.50. The lowest BCUT2D eigenvalue weighted by atomic mass is 9.83. The Bertz CT molecular complexity index is 2060. The zero-order chi connectivity index (χ0) is 39.7. The van der Waals surface area contributed by atoms with Crippen LogP contribution in [0.4, 0.5) is 23.2 Å². The maximum atomic E-state index is 15.3. The van der Waals surface area contributed by atoms with Crippen molar-refractivity contribution in [1.29, 1.82) is 0 Å². The summed E-state index contributed by atoms with van der Waals surface area (Å²) >= 11 is 0. The van der Waals surface area contributed by atoms with Crippen LogP contribution in [-0.2, 0) is 31.3 Å². The third kappa shape index (κ3) is 8.78. The number of rotatable bonds is 13. The number of nitrogens with one attached hydrogen (secondary N) is 3. The molecule has 3 aromatic carbocycles. The molecule has 11 nitrogen and oxygen atoms in total. The van der Waals surface area contributed by atoms with E-state index in [1.807, 2.05) is 24.3 Å². The van der Waals surface area contributed by atoms with Crippen LogP contribution in [0.15, 0.2) is 65.6 Å². The number of methoxy groups -OCH3 is 2. The standard InChI is InChI=1S/C38H45F4N3O8S2/c1-51-26-11-7-22(8-12-26)21-43-54(3,48)28-15-13-27(14-16-28)53-33-19-30(32(52-2)20-31(33)39)36(46)45-35-24-10-9-23(17-24)34(35)37(47)44-25-5-4-6-29(18-25)55(49,50)38(40,41)42/h4-8,11-12,18-20,23-24,27-28,34-35,54H,9-10,13-17,21H2,1-3H3,(H,43,48)(H,44,47)(H,45,46)/t23-,24+,27-,28-,34-,35+/m0/s1.